The second kappa shape index (κ2) is 8.76. The van der Waals surface area contributed by atoms with Gasteiger partial charge < -0.3 is 15.2 Å². The molecule has 0 amide bonds. The molecule has 198 valence electrons. The van der Waals surface area contributed by atoms with Crippen molar-refractivity contribution in [2.75, 3.05) is 0 Å². The molecule has 1 unspecified atom stereocenters. The Morgan fingerprint density at radius 2 is 1.86 bits per heavy atom. The number of nitrogens with zero attached hydrogens (tertiary/aromatic N) is 1. The molecule has 1 heterocycles. The van der Waals surface area contributed by atoms with E-state index in [0.29, 0.717) is 53.3 Å². The molecule has 10 atom stereocenters. The number of aliphatic hydroxyl groups excluding tert-OH is 2. The summed E-state index contributed by atoms with van der Waals surface area (Å²) in [6, 6.07) is 2.69. The van der Waals surface area contributed by atoms with Gasteiger partial charge in [-0.1, -0.05) is 20.8 Å². The second-order valence-electron chi connectivity index (χ2n) is 13.3. The lowest BCUT2D eigenvalue weighted by Gasteiger charge is -2.62. The SMILES string of the molecule is CC(CCc1nc2c(F)c(F)ccc2[nH]1)[C@H]1CC[C@H]2[C@@H]3CC[C@@H]4C[C@H](O)CC[C@]4(C)[C@H]3C[C@H](O)[C@]12C. The van der Waals surface area contributed by atoms with Gasteiger partial charge in [0.15, 0.2) is 11.6 Å². The first-order valence-electron chi connectivity index (χ1n) is 14.3. The summed E-state index contributed by atoms with van der Waals surface area (Å²) in [5.74, 6) is 2.23. The van der Waals surface area contributed by atoms with Crippen LogP contribution in [0.3, 0.4) is 0 Å². The van der Waals surface area contributed by atoms with E-state index in [1.54, 1.807) is 6.07 Å². The fraction of sp³-hybridized carbons (Fsp3) is 0.767. The van der Waals surface area contributed by atoms with E-state index in [1.807, 2.05) is 0 Å². The largest absolute Gasteiger partial charge is 0.393 e. The smallest absolute Gasteiger partial charge is 0.186 e. The van der Waals surface area contributed by atoms with Gasteiger partial charge in [0.05, 0.1) is 17.7 Å². The van der Waals surface area contributed by atoms with Crippen LogP contribution in [0.15, 0.2) is 12.1 Å². The van der Waals surface area contributed by atoms with E-state index in [0.717, 1.165) is 44.6 Å². The topological polar surface area (TPSA) is 69.1 Å². The van der Waals surface area contributed by atoms with Crippen molar-refractivity contribution in [2.45, 2.75) is 97.2 Å². The molecular formula is C30H42F2N2O2. The highest BCUT2D eigenvalue weighted by Gasteiger charge is 2.63. The van der Waals surface area contributed by atoms with Gasteiger partial charge in [0, 0.05) is 6.42 Å². The summed E-state index contributed by atoms with van der Waals surface area (Å²) in [5, 5.41) is 22.1. The van der Waals surface area contributed by atoms with Crippen LogP contribution in [0.2, 0.25) is 0 Å². The first kappa shape index (κ1) is 24.8. The summed E-state index contributed by atoms with van der Waals surface area (Å²) in [6.45, 7) is 7.14. The predicted molar refractivity (Wildman–Crippen MR) is 136 cm³/mol. The summed E-state index contributed by atoms with van der Waals surface area (Å²) in [6.07, 6.45) is 9.84. The van der Waals surface area contributed by atoms with Gasteiger partial charge in [-0.05, 0) is 116 Å². The van der Waals surface area contributed by atoms with Gasteiger partial charge in [-0.2, -0.15) is 0 Å². The van der Waals surface area contributed by atoms with E-state index in [1.165, 1.54) is 19.3 Å². The molecular weight excluding hydrogens is 458 g/mol. The van der Waals surface area contributed by atoms with Gasteiger partial charge in [0.1, 0.15) is 11.3 Å². The second-order valence-corrected chi connectivity index (χ2v) is 13.3. The number of hydrogen-bond donors (Lipinski definition) is 3. The molecule has 4 saturated carbocycles. The van der Waals surface area contributed by atoms with E-state index in [9.17, 15) is 19.0 Å². The minimum Gasteiger partial charge on any atom is -0.393 e. The molecule has 4 aliphatic carbocycles. The maximum Gasteiger partial charge on any atom is 0.186 e. The van der Waals surface area contributed by atoms with E-state index in [-0.39, 0.29) is 28.6 Å². The molecule has 4 nitrogen and oxygen atoms in total. The quantitative estimate of drug-likeness (QED) is 0.455. The minimum absolute atomic E-state index is 0.0684. The maximum absolute atomic E-state index is 14.1. The molecule has 1 aromatic carbocycles. The zero-order chi connectivity index (χ0) is 25.4. The van der Waals surface area contributed by atoms with Gasteiger partial charge >= 0.3 is 0 Å². The molecule has 4 aliphatic rings. The summed E-state index contributed by atoms with van der Waals surface area (Å²) < 4.78 is 27.7. The average Bonchev–Trinajstić information content (AvgIpc) is 3.43. The summed E-state index contributed by atoms with van der Waals surface area (Å²) in [7, 11) is 0. The number of benzene rings is 1. The highest BCUT2D eigenvalue weighted by Crippen LogP contribution is 2.68. The van der Waals surface area contributed by atoms with Crippen molar-refractivity contribution in [1.82, 2.24) is 9.97 Å². The number of rotatable bonds is 4. The zero-order valence-corrected chi connectivity index (χ0v) is 21.9. The summed E-state index contributed by atoms with van der Waals surface area (Å²) >= 11 is 0. The Labute approximate surface area is 213 Å². The molecule has 0 bridgehead atoms. The molecule has 1 aromatic heterocycles. The van der Waals surface area contributed by atoms with Crippen molar-refractivity contribution in [3.05, 3.63) is 29.6 Å². The van der Waals surface area contributed by atoms with Crippen LogP contribution in [-0.2, 0) is 6.42 Å². The average molecular weight is 501 g/mol. The van der Waals surface area contributed by atoms with Crippen LogP contribution >= 0.6 is 0 Å². The Bertz CT molecular complexity index is 1140. The van der Waals surface area contributed by atoms with Crippen molar-refractivity contribution in [1.29, 1.82) is 0 Å². The lowest BCUT2D eigenvalue weighted by Crippen LogP contribution is -2.58. The lowest BCUT2D eigenvalue weighted by molar-refractivity contribution is -0.174. The lowest BCUT2D eigenvalue weighted by atomic mass is 9.43. The van der Waals surface area contributed by atoms with Crippen molar-refractivity contribution in [3.63, 3.8) is 0 Å². The van der Waals surface area contributed by atoms with Gasteiger partial charge in [0.25, 0.3) is 0 Å². The van der Waals surface area contributed by atoms with Crippen molar-refractivity contribution in [2.24, 2.45) is 46.3 Å². The van der Waals surface area contributed by atoms with Crippen LogP contribution < -0.4 is 0 Å². The fourth-order valence-corrected chi connectivity index (χ4v) is 9.91. The zero-order valence-electron chi connectivity index (χ0n) is 21.9. The van der Waals surface area contributed by atoms with E-state index >= 15 is 0 Å². The van der Waals surface area contributed by atoms with E-state index in [4.69, 9.17) is 0 Å². The number of hydrogen-bond acceptors (Lipinski definition) is 3. The highest BCUT2D eigenvalue weighted by molar-refractivity contribution is 5.75. The number of fused-ring (bicyclic) bond motifs is 6. The van der Waals surface area contributed by atoms with Gasteiger partial charge in [0.2, 0.25) is 0 Å². The number of imidazole rings is 1. The molecule has 6 heteroatoms. The van der Waals surface area contributed by atoms with Crippen molar-refractivity contribution in [3.8, 4) is 0 Å². The molecule has 0 saturated heterocycles. The third kappa shape index (κ3) is 3.60. The first-order valence-corrected chi connectivity index (χ1v) is 14.3. The van der Waals surface area contributed by atoms with Crippen molar-refractivity contribution < 1.29 is 19.0 Å². The third-order valence-electron chi connectivity index (χ3n) is 11.9. The first-order chi connectivity index (χ1) is 17.1. The number of aryl methyl sites for hydroxylation is 1. The van der Waals surface area contributed by atoms with Crippen LogP contribution in [0.4, 0.5) is 8.78 Å². The van der Waals surface area contributed by atoms with Crippen LogP contribution in [-0.4, -0.2) is 32.4 Å². The number of aromatic amines is 1. The highest BCUT2D eigenvalue weighted by atomic mass is 19.2. The molecule has 0 spiro atoms. The maximum atomic E-state index is 14.1. The van der Waals surface area contributed by atoms with Crippen molar-refractivity contribution >= 4 is 11.0 Å². The van der Waals surface area contributed by atoms with E-state index in [2.05, 4.69) is 30.7 Å². The van der Waals surface area contributed by atoms with Gasteiger partial charge in [-0.25, -0.2) is 13.8 Å². The van der Waals surface area contributed by atoms with Crippen LogP contribution in [0.5, 0.6) is 0 Å². The summed E-state index contributed by atoms with van der Waals surface area (Å²) in [5.41, 5.74) is 0.807. The predicted octanol–water partition coefficient (Wildman–Crippen LogP) is 6.40. The Kier molecular flexibility index (Phi) is 6.03. The normalized spacial score (nSPS) is 43.1. The number of nitrogens with one attached hydrogen (secondary N) is 1. The van der Waals surface area contributed by atoms with Crippen LogP contribution in [0.25, 0.3) is 11.0 Å². The Morgan fingerprint density at radius 1 is 1.06 bits per heavy atom. The fourth-order valence-electron chi connectivity index (χ4n) is 9.91. The molecule has 0 aliphatic heterocycles. The standard InChI is InChI=1S/C30H42F2N2O2/c1-16(4-11-26-33-24-10-9-23(31)27(32)28(24)34-26)20-7-8-21-19-6-5-17-14-18(35)12-13-29(17,2)22(19)15-25(36)30(20,21)3/h9-10,16-22,25,35-36H,4-8,11-15H2,1-3H3,(H,33,34)/t16?,17-,18-,19+,20-,21+,22+,25+,29+,30-/m1/s1. The number of aromatic nitrogens is 2. The Hall–Kier alpha value is -1.53. The Morgan fingerprint density at radius 3 is 2.67 bits per heavy atom. The number of halogens is 2. The van der Waals surface area contributed by atoms with Crippen LogP contribution in [0.1, 0.15) is 84.4 Å². The monoisotopic (exact) mass is 500 g/mol. The number of aliphatic hydroxyl groups is 2. The molecule has 3 N–H and O–H groups in total. The van der Waals surface area contributed by atoms with Gasteiger partial charge in [-0.3, -0.25) is 0 Å². The third-order valence-corrected chi connectivity index (χ3v) is 11.9. The van der Waals surface area contributed by atoms with E-state index < -0.39 is 11.6 Å². The molecule has 6 rings (SSSR count). The molecule has 36 heavy (non-hydrogen) atoms. The van der Waals surface area contributed by atoms with Gasteiger partial charge in [-0.15, -0.1) is 0 Å². The number of H-pyrrole nitrogens is 1. The van der Waals surface area contributed by atoms with Crippen LogP contribution in [0, 0.1) is 58.0 Å². The Balaban J connectivity index is 1.18. The minimum atomic E-state index is -0.884. The molecule has 4 fully saturated rings. The molecule has 2 aromatic rings. The molecule has 0 radical (unpaired) electrons. The summed E-state index contributed by atoms with van der Waals surface area (Å²) in [4.78, 5) is 7.52.